The van der Waals surface area contributed by atoms with E-state index in [9.17, 15) is 4.79 Å². The van der Waals surface area contributed by atoms with E-state index in [1.165, 1.54) is 11.8 Å². The molecule has 0 bridgehead atoms. The van der Waals surface area contributed by atoms with Crippen LogP contribution in [-0.2, 0) is 11.3 Å². The summed E-state index contributed by atoms with van der Waals surface area (Å²) in [6.07, 6.45) is 0. The summed E-state index contributed by atoms with van der Waals surface area (Å²) in [5.74, 6) is 0.644. The van der Waals surface area contributed by atoms with Crippen LogP contribution in [0.25, 0.3) is 11.4 Å². The number of thioether (sulfide) groups is 1. The summed E-state index contributed by atoms with van der Waals surface area (Å²) in [5.41, 5.74) is 7.28. The molecule has 2 rings (SSSR count). The standard InChI is InChI=1S/C14H19N5OS/c1-4-19-13(16-17-14(19)21-9-12(15)20)10-6-5-7-11(8-10)18(2)3/h5-8H,4,9H2,1-3H3,(H2,15,20). The Bertz CT molecular complexity index is 638. The van der Waals surface area contributed by atoms with Crippen molar-refractivity contribution in [3.05, 3.63) is 24.3 Å². The van der Waals surface area contributed by atoms with E-state index in [2.05, 4.69) is 16.3 Å². The van der Waals surface area contributed by atoms with Gasteiger partial charge in [0.05, 0.1) is 5.75 Å². The van der Waals surface area contributed by atoms with Gasteiger partial charge >= 0.3 is 0 Å². The molecular formula is C14H19N5OS. The molecule has 0 aliphatic carbocycles. The van der Waals surface area contributed by atoms with Gasteiger partial charge in [-0.3, -0.25) is 4.79 Å². The number of nitrogens with zero attached hydrogens (tertiary/aromatic N) is 4. The second-order valence-corrected chi connectivity index (χ2v) is 5.69. The second kappa shape index (κ2) is 6.62. The lowest BCUT2D eigenvalue weighted by Gasteiger charge is -2.13. The number of carbonyl (C=O) groups is 1. The molecule has 0 radical (unpaired) electrons. The number of hydrogen-bond acceptors (Lipinski definition) is 5. The minimum Gasteiger partial charge on any atom is -0.378 e. The Morgan fingerprint density at radius 2 is 2.14 bits per heavy atom. The smallest absolute Gasteiger partial charge is 0.227 e. The highest BCUT2D eigenvalue weighted by Crippen LogP contribution is 2.26. The van der Waals surface area contributed by atoms with Crippen molar-refractivity contribution in [2.45, 2.75) is 18.6 Å². The Morgan fingerprint density at radius 3 is 2.76 bits per heavy atom. The molecule has 1 amide bonds. The van der Waals surface area contributed by atoms with Crippen LogP contribution in [0.4, 0.5) is 5.69 Å². The van der Waals surface area contributed by atoms with E-state index in [0.29, 0.717) is 5.16 Å². The summed E-state index contributed by atoms with van der Waals surface area (Å²) in [4.78, 5) is 12.9. The van der Waals surface area contributed by atoms with Gasteiger partial charge in [0.1, 0.15) is 0 Å². The van der Waals surface area contributed by atoms with E-state index in [1.807, 2.05) is 48.7 Å². The molecule has 1 heterocycles. The number of aromatic nitrogens is 3. The number of nitrogens with two attached hydrogens (primary N) is 1. The fourth-order valence-corrected chi connectivity index (χ4v) is 2.69. The van der Waals surface area contributed by atoms with Crippen LogP contribution in [0.5, 0.6) is 0 Å². The number of anilines is 1. The van der Waals surface area contributed by atoms with E-state index in [1.54, 1.807) is 0 Å². The number of rotatable bonds is 6. The molecule has 0 saturated heterocycles. The molecule has 0 aliphatic heterocycles. The third-order valence-corrected chi connectivity index (χ3v) is 3.99. The van der Waals surface area contributed by atoms with Crippen molar-refractivity contribution in [1.82, 2.24) is 14.8 Å². The summed E-state index contributed by atoms with van der Waals surface area (Å²) >= 11 is 1.31. The minimum atomic E-state index is -0.359. The van der Waals surface area contributed by atoms with Gasteiger partial charge in [-0.05, 0) is 19.1 Å². The molecule has 21 heavy (non-hydrogen) atoms. The molecule has 0 fully saturated rings. The normalized spacial score (nSPS) is 10.6. The molecule has 6 nitrogen and oxygen atoms in total. The van der Waals surface area contributed by atoms with Crippen molar-refractivity contribution < 1.29 is 4.79 Å². The molecule has 112 valence electrons. The molecule has 0 saturated carbocycles. The quantitative estimate of drug-likeness (QED) is 0.820. The number of hydrogen-bond donors (Lipinski definition) is 1. The van der Waals surface area contributed by atoms with Crippen molar-refractivity contribution in [1.29, 1.82) is 0 Å². The monoisotopic (exact) mass is 305 g/mol. The molecule has 0 aliphatic rings. The van der Waals surface area contributed by atoms with Crippen LogP contribution in [0.1, 0.15) is 6.92 Å². The van der Waals surface area contributed by atoms with Gasteiger partial charge in [0.2, 0.25) is 5.91 Å². The molecule has 0 spiro atoms. The van der Waals surface area contributed by atoms with E-state index >= 15 is 0 Å². The summed E-state index contributed by atoms with van der Waals surface area (Å²) in [5, 5.41) is 9.13. The van der Waals surface area contributed by atoms with Gasteiger partial charge in [-0.25, -0.2) is 0 Å². The molecular weight excluding hydrogens is 286 g/mol. The summed E-state index contributed by atoms with van der Waals surface area (Å²) in [6, 6.07) is 8.11. The maximum Gasteiger partial charge on any atom is 0.227 e. The molecule has 0 atom stereocenters. The van der Waals surface area contributed by atoms with Gasteiger partial charge in [-0.1, -0.05) is 23.9 Å². The zero-order valence-corrected chi connectivity index (χ0v) is 13.2. The van der Waals surface area contributed by atoms with Crippen molar-refractivity contribution >= 4 is 23.4 Å². The van der Waals surface area contributed by atoms with Crippen LogP contribution in [-0.4, -0.2) is 40.5 Å². The molecule has 1 aromatic carbocycles. The maximum absolute atomic E-state index is 10.9. The lowest BCUT2D eigenvalue weighted by molar-refractivity contribution is -0.115. The van der Waals surface area contributed by atoms with Crippen molar-refractivity contribution in [2.75, 3.05) is 24.7 Å². The minimum absolute atomic E-state index is 0.204. The fraction of sp³-hybridized carbons (Fsp3) is 0.357. The van der Waals surface area contributed by atoms with Gasteiger partial charge in [-0.2, -0.15) is 0 Å². The molecule has 7 heteroatoms. The van der Waals surface area contributed by atoms with Crippen LogP contribution < -0.4 is 10.6 Å². The highest BCUT2D eigenvalue weighted by molar-refractivity contribution is 7.99. The first kappa shape index (κ1) is 15.4. The summed E-state index contributed by atoms with van der Waals surface area (Å²) < 4.78 is 1.99. The molecule has 2 N–H and O–H groups in total. The van der Waals surface area contributed by atoms with Gasteiger partial charge in [-0.15, -0.1) is 10.2 Å². The first-order valence-electron chi connectivity index (χ1n) is 6.65. The predicted molar refractivity (Wildman–Crippen MR) is 85.4 cm³/mol. The van der Waals surface area contributed by atoms with E-state index in [-0.39, 0.29) is 11.7 Å². The summed E-state index contributed by atoms with van der Waals surface area (Å²) in [6.45, 7) is 2.76. The first-order valence-corrected chi connectivity index (χ1v) is 7.63. The Balaban J connectivity index is 2.35. The number of benzene rings is 1. The zero-order chi connectivity index (χ0) is 15.4. The van der Waals surface area contributed by atoms with E-state index in [0.717, 1.165) is 23.6 Å². The third-order valence-electron chi connectivity index (χ3n) is 3.00. The largest absolute Gasteiger partial charge is 0.378 e. The average Bonchev–Trinajstić information content (AvgIpc) is 2.88. The highest BCUT2D eigenvalue weighted by Gasteiger charge is 2.14. The SMILES string of the molecule is CCn1c(SCC(N)=O)nnc1-c1cccc(N(C)C)c1. The molecule has 1 aromatic heterocycles. The number of amides is 1. The Hall–Kier alpha value is -2.02. The maximum atomic E-state index is 10.9. The van der Waals surface area contributed by atoms with Crippen molar-refractivity contribution in [2.24, 2.45) is 5.73 Å². The first-order chi connectivity index (χ1) is 10.0. The topological polar surface area (TPSA) is 77.0 Å². The van der Waals surface area contributed by atoms with Crippen molar-refractivity contribution in [3.8, 4) is 11.4 Å². The molecule has 2 aromatic rings. The Morgan fingerprint density at radius 1 is 1.38 bits per heavy atom. The Kier molecular flexibility index (Phi) is 4.85. The van der Waals surface area contributed by atoms with E-state index in [4.69, 9.17) is 5.73 Å². The lowest BCUT2D eigenvalue weighted by atomic mass is 10.2. The van der Waals surface area contributed by atoms with Crippen LogP contribution in [0, 0.1) is 0 Å². The third kappa shape index (κ3) is 3.55. The molecule has 0 unspecified atom stereocenters. The highest BCUT2D eigenvalue weighted by atomic mass is 32.2. The van der Waals surface area contributed by atoms with Gasteiger partial charge in [0.25, 0.3) is 0 Å². The van der Waals surface area contributed by atoms with Gasteiger partial charge < -0.3 is 15.2 Å². The van der Waals surface area contributed by atoms with Crippen LogP contribution in [0.3, 0.4) is 0 Å². The summed E-state index contributed by atoms with van der Waals surface area (Å²) in [7, 11) is 4.00. The van der Waals surface area contributed by atoms with Crippen molar-refractivity contribution in [3.63, 3.8) is 0 Å². The predicted octanol–water partition coefficient (Wildman–Crippen LogP) is 1.61. The zero-order valence-electron chi connectivity index (χ0n) is 12.4. The van der Waals surface area contributed by atoms with Crippen LogP contribution >= 0.6 is 11.8 Å². The van der Waals surface area contributed by atoms with Gasteiger partial charge in [0, 0.05) is 31.9 Å². The average molecular weight is 305 g/mol. The van der Waals surface area contributed by atoms with Crippen LogP contribution in [0.2, 0.25) is 0 Å². The second-order valence-electron chi connectivity index (χ2n) is 4.75. The number of carbonyl (C=O) groups excluding carboxylic acids is 1. The van der Waals surface area contributed by atoms with E-state index < -0.39 is 0 Å². The van der Waals surface area contributed by atoms with Crippen LogP contribution in [0.15, 0.2) is 29.4 Å². The fourth-order valence-electron chi connectivity index (χ4n) is 1.95. The van der Waals surface area contributed by atoms with Gasteiger partial charge in [0.15, 0.2) is 11.0 Å². The lowest BCUT2D eigenvalue weighted by Crippen LogP contribution is -2.13. The number of primary amides is 1. The Labute approximate surface area is 128 Å².